The van der Waals surface area contributed by atoms with Gasteiger partial charge in [-0.25, -0.2) is 4.79 Å². The molecule has 10 radical (unpaired) electrons. The van der Waals surface area contributed by atoms with Crippen LogP contribution in [0.2, 0.25) is 0 Å². The van der Waals surface area contributed by atoms with Crippen LogP contribution in [0.25, 0.3) is 0 Å². The summed E-state index contributed by atoms with van der Waals surface area (Å²) in [6.45, 7) is 2.20. The van der Waals surface area contributed by atoms with E-state index < -0.39 is 0 Å². The number of carbonyl (C=O) groups is 1. The van der Waals surface area contributed by atoms with Gasteiger partial charge in [-0.1, -0.05) is 121 Å². The van der Waals surface area contributed by atoms with E-state index in [4.69, 9.17) is 11.2 Å². The number of esters is 1. The van der Waals surface area contributed by atoms with Gasteiger partial charge in [0.05, 0.1) is 6.61 Å². The minimum atomic E-state index is -0.348. The van der Waals surface area contributed by atoms with Crippen molar-refractivity contribution in [1.29, 1.82) is 0 Å². The molecule has 53 heavy (non-hydrogen) atoms. The first kappa shape index (κ1) is 46.4. The van der Waals surface area contributed by atoms with E-state index in [9.17, 15) is 4.79 Å². The molecular weight excluding hydrogens is 909 g/mol. The monoisotopic (exact) mass is 951 g/mol. The summed E-state index contributed by atoms with van der Waals surface area (Å²) in [7, 11) is -0.696. The first-order valence-electron chi connectivity index (χ1n) is 16.9. The predicted octanol–water partition coefficient (Wildman–Crippen LogP) is 8.91. The van der Waals surface area contributed by atoms with Gasteiger partial charge in [0.25, 0.3) is 0 Å². The van der Waals surface area contributed by atoms with E-state index in [2.05, 4.69) is 133 Å². The van der Waals surface area contributed by atoms with Crippen molar-refractivity contribution in [3.8, 4) is 5.92 Å². The molecule has 0 bridgehead atoms. The van der Waals surface area contributed by atoms with Crippen LogP contribution in [0.1, 0.15) is 17.3 Å². The zero-order valence-corrected chi connectivity index (χ0v) is 34.7. The minimum Gasteiger partial charge on any atom is -0.693 e. The third-order valence-electron chi connectivity index (χ3n) is 7.41. The fourth-order valence-electron chi connectivity index (χ4n) is 4.96. The molecule has 0 atom stereocenters. The van der Waals surface area contributed by atoms with Gasteiger partial charge in [0.15, 0.2) is 0 Å². The maximum atomic E-state index is 11.0. The van der Waals surface area contributed by atoms with Gasteiger partial charge in [-0.05, 0) is 120 Å². The van der Waals surface area contributed by atoms with Gasteiger partial charge in [-0.2, -0.15) is 30.3 Å². The van der Waals surface area contributed by atoms with E-state index >= 15 is 0 Å². The normalized spacial score (nSPS) is 12.9. The van der Waals surface area contributed by atoms with Crippen LogP contribution in [-0.2, 0) is 42.9 Å². The second kappa shape index (κ2) is 28.6. The summed E-state index contributed by atoms with van der Waals surface area (Å²) in [5.74, 6) is 2.83. The fraction of sp³-hybridized carbons (Fsp3) is 0.0851. The molecule has 5 aromatic carbocycles. The Hall–Kier alpha value is -2.80. The standard InChI is InChI=1S/C26H24P2.C9H9O2.C7H4.C5H5.Fe.Pt/c1-5-13-23(14-6-1)27(24-15-7-2-8-16-24)21-22-28(25-17-9-3-10-18-25)26-19-11-4-12-20-26;1-2-11-9(10)8-6-4-3-5-7-8;1-2-7-5-3-4-6-7;1-2-4-5-3-1;;/h1-20H,21-22H2;4-7H,2H2,1H3;3-6H;1-5H;;/q;2*-1;;2*+2. The van der Waals surface area contributed by atoms with Crippen molar-refractivity contribution < 1.29 is 47.7 Å². The summed E-state index contributed by atoms with van der Waals surface area (Å²) >= 11 is 0. The van der Waals surface area contributed by atoms with Gasteiger partial charge in [0.2, 0.25) is 0 Å². The van der Waals surface area contributed by atoms with Crippen molar-refractivity contribution in [2.24, 2.45) is 0 Å². The molecule has 0 unspecified atom stereocenters. The van der Waals surface area contributed by atoms with Crippen molar-refractivity contribution in [1.82, 2.24) is 0 Å². The number of benzene rings is 5. The summed E-state index contributed by atoms with van der Waals surface area (Å²) in [5, 5.41) is 5.89. The van der Waals surface area contributed by atoms with Crippen molar-refractivity contribution in [2.75, 3.05) is 18.9 Å². The Morgan fingerprint density at radius 2 is 0.925 bits per heavy atom. The summed E-state index contributed by atoms with van der Waals surface area (Å²) < 4.78 is 4.78. The van der Waals surface area contributed by atoms with Crippen LogP contribution in [0.5, 0.6) is 0 Å². The summed E-state index contributed by atoms with van der Waals surface area (Å²) in [5.41, 5.74) is 0.575. The van der Waals surface area contributed by atoms with Gasteiger partial charge in [0, 0.05) is 5.92 Å². The number of ether oxygens (including phenoxy) is 1. The zero-order chi connectivity index (χ0) is 35.8. The molecule has 5 aromatic rings. The summed E-state index contributed by atoms with van der Waals surface area (Å²) in [4.78, 5) is 11.0. The fourth-order valence-corrected chi connectivity index (χ4v) is 10.3. The van der Waals surface area contributed by atoms with Crippen LogP contribution in [0.4, 0.5) is 0 Å². The van der Waals surface area contributed by atoms with Crippen molar-refractivity contribution >= 4 is 43.0 Å². The smallest absolute Gasteiger partial charge is 0.693 e. The topological polar surface area (TPSA) is 26.3 Å². The van der Waals surface area contributed by atoms with E-state index in [0.29, 0.717) is 12.2 Å². The number of hydrogen-bond donors (Lipinski definition) is 0. The molecule has 0 N–H and O–H groups in total. The van der Waals surface area contributed by atoms with Gasteiger partial charge in [0.1, 0.15) is 0 Å². The Kier molecular flexibility index (Phi) is 25.0. The third-order valence-corrected chi connectivity index (χ3v) is 12.8. The van der Waals surface area contributed by atoms with E-state index in [1.165, 1.54) is 33.5 Å². The van der Waals surface area contributed by atoms with Crippen LogP contribution >= 0.6 is 15.8 Å². The Labute approximate surface area is 347 Å². The first-order chi connectivity index (χ1) is 25.2. The van der Waals surface area contributed by atoms with E-state index in [-0.39, 0.29) is 59.9 Å². The molecule has 0 amide bonds. The molecule has 268 valence electrons. The molecule has 6 heteroatoms. The Balaban J connectivity index is 0.000000316. The minimum absolute atomic E-state index is 0. The van der Waals surface area contributed by atoms with Crippen molar-refractivity contribution in [2.45, 2.75) is 6.92 Å². The van der Waals surface area contributed by atoms with E-state index in [0.717, 1.165) is 5.92 Å². The first-order valence-corrected chi connectivity index (χ1v) is 19.9. The Morgan fingerprint density at radius 1 is 0.585 bits per heavy atom. The molecule has 2 aliphatic rings. The molecule has 2 fully saturated rings. The van der Waals surface area contributed by atoms with Gasteiger partial charge in [-0.3, -0.25) is 0 Å². The quantitative estimate of drug-likeness (QED) is 0.0486. The van der Waals surface area contributed by atoms with Gasteiger partial charge < -0.3 is 17.1 Å². The SMILES string of the molecule is CCOC(=O)c1cc[c-]cc1.[C-]#C[C]1[CH][CH][CH][CH]1.[CH]1[CH][CH][CH][CH]1.[Fe+2].[Pt+2].c1ccc(P(CCP(c2ccccc2)c2ccccc2)c2ccccc2)cc1. The Bertz CT molecular complexity index is 1490. The van der Waals surface area contributed by atoms with Crippen LogP contribution in [0.3, 0.4) is 0 Å². The molecule has 2 aliphatic carbocycles. The number of carbonyl (C=O) groups excluding carboxylic acids is 1. The molecule has 0 aromatic heterocycles. The third kappa shape index (κ3) is 17.5. The van der Waals surface area contributed by atoms with Gasteiger partial charge >= 0.3 is 44.1 Å². The second-order valence-corrected chi connectivity index (χ2v) is 15.6. The average molecular weight is 952 g/mol. The molecule has 0 saturated heterocycles. The largest absolute Gasteiger partial charge is 2.00 e. The van der Waals surface area contributed by atoms with Crippen LogP contribution < -0.4 is 21.2 Å². The second-order valence-electron chi connectivity index (χ2n) is 10.9. The maximum Gasteiger partial charge on any atom is 2.00 e. The van der Waals surface area contributed by atoms with E-state index in [1.807, 2.05) is 57.8 Å². The molecule has 0 spiro atoms. The maximum absolute atomic E-state index is 11.0. The predicted molar refractivity (Wildman–Crippen MR) is 218 cm³/mol. The van der Waals surface area contributed by atoms with Crippen molar-refractivity contribution in [3.63, 3.8) is 0 Å². The van der Waals surface area contributed by atoms with Crippen LogP contribution in [-0.4, -0.2) is 24.9 Å². The van der Waals surface area contributed by atoms with Crippen LogP contribution in [0, 0.1) is 82.1 Å². The van der Waals surface area contributed by atoms with Gasteiger partial charge in [-0.15, -0.1) is 0 Å². The molecule has 0 aliphatic heterocycles. The molecule has 2 saturated carbocycles. The summed E-state index contributed by atoms with van der Waals surface area (Å²) in [6, 6.07) is 53.8. The molecular formula is C47H42FeO2P2Pt+2. The van der Waals surface area contributed by atoms with E-state index in [1.54, 1.807) is 31.2 Å². The van der Waals surface area contributed by atoms with Crippen LogP contribution in [0.15, 0.2) is 146 Å². The summed E-state index contributed by atoms with van der Waals surface area (Å²) in [6.07, 6.45) is 26.5. The molecule has 7 rings (SSSR count). The molecule has 0 heterocycles. The average Bonchev–Trinajstić information content (AvgIpc) is 3.98. The number of hydrogen-bond acceptors (Lipinski definition) is 2. The van der Waals surface area contributed by atoms with Crippen molar-refractivity contribution in [3.05, 3.63) is 227 Å². The zero-order valence-electron chi connectivity index (χ0n) is 29.6. The molecule has 2 nitrogen and oxygen atoms in total. The Morgan fingerprint density at radius 3 is 1.21 bits per heavy atom. The number of rotatable bonds is 9.